The first-order valence-corrected chi connectivity index (χ1v) is 9.81. The number of hydrogen-bond acceptors (Lipinski definition) is 4. The summed E-state index contributed by atoms with van der Waals surface area (Å²) < 4.78 is 8.11. The predicted octanol–water partition coefficient (Wildman–Crippen LogP) is 1.97. The van der Waals surface area contributed by atoms with Gasteiger partial charge in [0.25, 0.3) is 0 Å². The van der Waals surface area contributed by atoms with Crippen molar-refractivity contribution in [3.05, 3.63) is 12.2 Å². The van der Waals surface area contributed by atoms with Crippen LogP contribution in [0.5, 0.6) is 0 Å². The fraction of sp³-hybridized carbons (Fsp3) is 0.833. The number of aliphatic imine (C=N–C) groups is 1. The molecule has 0 radical (unpaired) electrons. The van der Waals surface area contributed by atoms with Gasteiger partial charge in [-0.3, -0.25) is 4.99 Å². The van der Waals surface area contributed by atoms with Crippen LogP contribution >= 0.6 is 24.0 Å². The number of aromatic nitrogens is 3. The minimum Gasteiger partial charge on any atom is -0.377 e. The number of hydrogen-bond donors (Lipinski definition) is 2. The normalized spacial score (nSPS) is 28.7. The van der Waals surface area contributed by atoms with Crippen LogP contribution in [0.4, 0.5) is 0 Å². The van der Waals surface area contributed by atoms with Crippen LogP contribution in [0, 0.1) is 11.3 Å². The first kappa shape index (κ1) is 19.9. The molecule has 2 saturated carbocycles. The summed E-state index contributed by atoms with van der Waals surface area (Å²) in [6.45, 7) is 7.57. The number of halogens is 1. The molecule has 7 nitrogen and oxygen atoms in total. The highest BCUT2D eigenvalue weighted by atomic mass is 127. The van der Waals surface area contributed by atoms with E-state index in [0.717, 1.165) is 44.4 Å². The SMILES string of the molecule is CCNC(=NCCn1cnnc1CC)NC1C2CCOC2C12CCC2.I. The predicted molar refractivity (Wildman–Crippen MR) is 112 cm³/mol. The highest BCUT2D eigenvalue weighted by molar-refractivity contribution is 14.0. The summed E-state index contributed by atoms with van der Waals surface area (Å²) in [5.74, 6) is 2.62. The lowest BCUT2D eigenvalue weighted by Crippen LogP contribution is -2.72. The van der Waals surface area contributed by atoms with E-state index in [-0.39, 0.29) is 24.0 Å². The van der Waals surface area contributed by atoms with Crippen molar-refractivity contribution in [1.29, 1.82) is 0 Å². The van der Waals surface area contributed by atoms with Gasteiger partial charge in [0.1, 0.15) is 12.2 Å². The fourth-order valence-electron chi connectivity index (χ4n) is 4.93. The van der Waals surface area contributed by atoms with Crippen molar-refractivity contribution in [2.24, 2.45) is 16.3 Å². The van der Waals surface area contributed by atoms with Crippen molar-refractivity contribution in [1.82, 2.24) is 25.4 Å². The summed E-state index contributed by atoms with van der Waals surface area (Å²) in [4.78, 5) is 4.80. The summed E-state index contributed by atoms with van der Waals surface area (Å²) >= 11 is 0. The molecule has 146 valence electrons. The largest absolute Gasteiger partial charge is 0.377 e. The fourth-order valence-corrected chi connectivity index (χ4v) is 4.93. The Labute approximate surface area is 172 Å². The van der Waals surface area contributed by atoms with E-state index in [0.29, 0.717) is 23.5 Å². The van der Waals surface area contributed by atoms with Gasteiger partial charge in [-0.05, 0) is 26.2 Å². The molecule has 4 rings (SSSR count). The maximum Gasteiger partial charge on any atom is 0.191 e. The van der Waals surface area contributed by atoms with E-state index in [9.17, 15) is 0 Å². The number of nitrogens with one attached hydrogen (secondary N) is 2. The lowest BCUT2D eigenvalue weighted by molar-refractivity contribution is -0.171. The van der Waals surface area contributed by atoms with Gasteiger partial charge in [-0.25, -0.2) is 0 Å². The van der Waals surface area contributed by atoms with Crippen LogP contribution < -0.4 is 10.6 Å². The van der Waals surface area contributed by atoms with Gasteiger partial charge >= 0.3 is 0 Å². The maximum absolute atomic E-state index is 6.02. The van der Waals surface area contributed by atoms with Gasteiger partial charge in [0.15, 0.2) is 5.96 Å². The van der Waals surface area contributed by atoms with Gasteiger partial charge in [-0.15, -0.1) is 34.2 Å². The third-order valence-electron chi connectivity index (χ3n) is 6.30. The van der Waals surface area contributed by atoms with Gasteiger partial charge < -0.3 is 19.9 Å². The van der Waals surface area contributed by atoms with E-state index < -0.39 is 0 Å². The van der Waals surface area contributed by atoms with Gasteiger partial charge in [0.05, 0.1) is 12.6 Å². The molecule has 2 N–H and O–H groups in total. The van der Waals surface area contributed by atoms with Crippen molar-refractivity contribution in [2.75, 3.05) is 19.7 Å². The molecule has 1 aromatic heterocycles. The van der Waals surface area contributed by atoms with Crippen LogP contribution in [-0.2, 0) is 17.7 Å². The second-order valence-corrected chi connectivity index (χ2v) is 7.51. The monoisotopic (exact) mass is 474 g/mol. The van der Waals surface area contributed by atoms with Crippen molar-refractivity contribution in [3.63, 3.8) is 0 Å². The molecular formula is C18H31IN6O. The molecule has 3 atom stereocenters. The molecule has 8 heteroatoms. The Hall–Kier alpha value is -0.900. The Morgan fingerprint density at radius 1 is 1.42 bits per heavy atom. The van der Waals surface area contributed by atoms with Crippen LogP contribution in [-0.4, -0.2) is 52.6 Å². The number of fused-ring (bicyclic) bond motifs is 2. The highest BCUT2D eigenvalue weighted by Crippen LogP contribution is 2.62. The van der Waals surface area contributed by atoms with Crippen LogP contribution in [0.15, 0.2) is 11.3 Å². The van der Waals surface area contributed by atoms with Crippen LogP contribution in [0.1, 0.15) is 45.4 Å². The molecule has 26 heavy (non-hydrogen) atoms. The summed E-state index contributed by atoms with van der Waals surface area (Å²) in [5, 5.41) is 15.3. The molecule has 0 amide bonds. The molecule has 3 fully saturated rings. The molecule has 3 aliphatic rings. The Kier molecular flexibility index (Phi) is 6.42. The van der Waals surface area contributed by atoms with Crippen molar-refractivity contribution < 1.29 is 4.74 Å². The van der Waals surface area contributed by atoms with Gasteiger partial charge in [-0.2, -0.15) is 0 Å². The average molecular weight is 474 g/mol. The van der Waals surface area contributed by atoms with E-state index in [2.05, 4.69) is 39.2 Å². The molecule has 0 bridgehead atoms. The van der Waals surface area contributed by atoms with Gasteiger partial charge in [-0.1, -0.05) is 13.3 Å². The summed E-state index contributed by atoms with van der Waals surface area (Å²) in [5.41, 5.74) is 0.376. The molecule has 1 aliphatic heterocycles. The zero-order valence-electron chi connectivity index (χ0n) is 15.8. The summed E-state index contributed by atoms with van der Waals surface area (Å²) in [6, 6.07) is 0.521. The topological polar surface area (TPSA) is 76.4 Å². The first-order valence-electron chi connectivity index (χ1n) is 9.81. The molecule has 1 aromatic rings. The Morgan fingerprint density at radius 3 is 2.96 bits per heavy atom. The lowest BCUT2D eigenvalue weighted by Gasteiger charge is -2.63. The summed E-state index contributed by atoms with van der Waals surface area (Å²) in [6.07, 6.45) is 8.30. The molecular weight excluding hydrogens is 443 g/mol. The quantitative estimate of drug-likeness (QED) is 0.375. The number of nitrogens with zero attached hydrogens (tertiary/aromatic N) is 4. The minimum absolute atomic E-state index is 0. The van der Waals surface area contributed by atoms with E-state index in [4.69, 9.17) is 9.73 Å². The third-order valence-corrected chi connectivity index (χ3v) is 6.30. The number of ether oxygens (including phenoxy) is 1. The van der Waals surface area contributed by atoms with E-state index in [1.807, 2.05) is 0 Å². The van der Waals surface area contributed by atoms with E-state index >= 15 is 0 Å². The second-order valence-electron chi connectivity index (χ2n) is 7.51. The molecule has 3 unspecified atom stereocenters. The number of rotatable bonds is 6. The van der Waals surface area contributed by atoms with E-state index in [1.165, 1.54) is 25.7 Å². The molecule has 2 aliphatic carbocycles. The van der Waals surface area contributed by atoms with Gasteiger partial charge in [0, 0.05) is 43.5 Å². The van der Waals surface area contributed by atoms with Crippen molar-refractivity contribution >= 4 is 29.9 Å². The average Bonchev–Trinajstić information content (AvgIpc) is 3.18. The number of aryl methyl sites for hydroxylation is 1. The number of guanidine groups is 1. The third kappa shape index (κ3) is 3.34. The molecule has 2 heterocycles. The van der Waals surface area contributed by atoms with Gasteiger partial charge in [0.2, 0.25) is 0 Å². The lowest BCUT2D eigenvalue weighted by atomic mass is 9.46. The summed E-state index contributed by atoms with van der Waals surface area (Å²) in [7, 11) is 0. The van der Waals surface area contributed by atoms with Crippen LogP contribution in [0.2, 0.25) is 0 Å². The Bertz CT molecular complexity index is 629. The smallest absolute Gasteiger partial charge is 0.191 e. The standard InChI is InChI=1S/C18H30N6O.HI/c1-3-14-23-21-12-24(14)10-9-20-17(19-4-2)22-15-13-6-11-25-16(13)18(15)7-5-8-18;/h12-13,15-16H,3-11H2,1-2H3,(H2,19,20,22);1H. The zero-order chi connectivity index (χ0) is 17.3. The molecule has 0 aromatic carbocycles. The van der Waals surface area contributed by atoms with Crippen molar-refractivity contribution in [2.45, 2.75) is 64.6 Å². The Morgan fingerprint density at radius 2 is 2.27 bits per heavy atom. The minimum atomic E-state index is 0. The first-order chi connectivity index (χ1) is 12.3. The van der Waals surface area contributed by atoms with Crippen molar-refractivity contribution in [3.8, 4) is 0 Å². The zero-order valence-corrected chi connectivity index (χ0v) is 18.1. The molecule has 1 spiro atoms. The molecule has 1 saturated heterocycles. The van der Waals surface area contributed by atoms with Crippen LogP contribution in [0.25, 0.3) is 0 Å². The highest BCUT2D eigenvalue weighted by Gasteiger charge is 2.66. The Balaban J connectivity index is 0.00000196. The second kappa shape index (κ2) is 8.41. The van der Waals surface area contributed by atoms with E-state index in [1.54, 1.807) is 6.33 Å². The maximum atomic E-state index is 6.02. The van der Waals surface area contributed by atoms with Crippen LogP contribution in [0.3, 0.4) is 0 Å².